The molecule has 6 N–H and O–H groups in total. The maximum atomic E-state index is 13.3. The van der Waals surface area contributed by atoms with Crippen LogP contribution in [0.3, 0.4) is 0 Å². The van der Waals surface area contributed by atoms with Crippen LogP contribution >= 0.6 is 0 Å². The number of nitrogens with one attached hydrogen (secondary N) is 2. The zero-order valence-electron chi connectivity index (χ0n) is 32.5. The molecule has 2 amide bonds. The van der Waals surface area contributed by atoms with E-state index >= 15 is 0 Å². The van der Waals surface area contributed by atoms with Crippen LogP contribution in [0.2, 0.25) is 0 Å². The monoisotopic (exact) mass is 893 g/mol. The fraction of sp³-hybridized carbons (Fsp3) is 0.429. The van der Waals surface area contributed by atoms with E-state index in [1.54, 1.807) is 62.1 Å². The van der Waals surface area contributed by atoms with E-state index in [-0.39, 0.29) is 54.1 Å². The van der Waals surface area contributed by atoms with Gasteiger partial charge in [-0.1, -0.05) is 18.2 Å². The number of amides is 2. The Morgan fingerprint density at radius 1 is 0.707 bits per heavy atom. The third-order valence-corrected chi connectivity index (χ3v) is 11.6. The minimum Gasteiger partial charge on any atom is -0.351 e. The van der Waals surface area contributed by atoms with E-state index in [1.807, 2.05) is 0 Å². The first-order valence-corrected chi connectivity index (χ1v) is 23.9. The van der Waals surface area contributed by atoms with Crippen LogP contribution in [0.4, 0.5) is 11.4 Å². The van der Waals surface area contributed by atoms with Crippen molar-refractivity contribution < 1.29 is 70.8 Å². The molecule has 0 aliphatic carbocycles. The van der Waals surface area contributed by atoms with Gasteiger partial charge < -0.3 is 15.5 Å². The Hall–Kier alpha value is -4.36. The van der Waals surface area contributed by atoms with Crippen molar-refractivity contribution in [3.05, 3.63) is 82.1 Å². The Bertz CT molecular complexity index is 2420. The van der Waals surface area contributed by atoms with Crippen molar-refractivity contribution in [2.45, 2.75) is 47.5 Å². The standard InChI is InChI=1S/C35H48N4O15S4/c1-24(38(16-8-18-55(43,44)45)32-13-7-12-30(26(32)3)28(5)40)10-6-11-25(2)39(17-9-19-56(46,47)48)33-23-29(34(41)36-14-20-57(49,50)51)22-31(27(33)4)35(42)37-15-21-58(52,53)54/h6-7,10-13,22-23H,8-9,14-21H2,1-5H3,(H5-,36,37,41,42,43,44,45,46,47,48,49,50,51,52,53,54)/p+1. The number of benzene rings is 2. The summed E-state index contributed by atoms with van der Waals surface area (Å²) in [5, 5.41) is 4.66. The molecule has 2 aromatic rings. The number of anilines is 1. The van der Waals surface area contributed by atoms with Crippen LogP contribution in [0.15, 0.2) is 54.3 Å². The second kappa shape index (κ2) is 21.1. The Morgan fingerprint density at radius 2 is 1.24 bits per heavy atom. The van der Waals surface area contributed by atoms with Gasteiger partial charge in [-0.2, -0.15) is 38.2 Å². The Balaban J connectivity index is 2.79. The minimum atomic E-state index is -4.46. The lowest BCUT2D eigenvalue weighted by Crippen LogP contribution is -2.31. The summed E-state index contributed by atoms with van der Waals surface area (Å²) in [7, 11) is -17.6. The molecule has 0 bridgehead atoms. The largest absolute Gasteiger partial charge is 0.351 e. The van der Waals surface area contributed by atoms with E-state index in [4.69, 9.17) is 9.11 Å². The fourth-order valence-corrected chi connectivity index (χ4v) is 7.43. The summed E-state index contributed by atoms with van der Waals surface area (Å²) in [5.41, 5.74) is 2.70. The van der Waals surface area contributed by atoms with Crippen LogP contribution in [0, 0.1) is 13.8 Å². The second-order valence-electron chi connectivity index (χ2n) is 13.1. The normalized spacial score (nSPS) is 13.3. The van der Waals surface area contributed by atoms with Gasteiger partial charge in [-0.25, -0.2) is 0 Å². The van der Waals surface area contributed by atoms with Crippen LogP contribution in [0.1, 0.15) is 75.8 Å². The van der Waals surface area contributed by atoms with Crippen molar-refractivity contribution in [2.24, 2.45) is 0 Å². The van der Waals surface area contributed by atoms with Crippen LogP contribution in [-0.4, -0.2) is 129 Å². The minimum absolute atomic E-state index is 0.0227. The summed E-state index contributed by atoms with van der Waals surface area (Å²) in [6.07, 6.45) is 4.72. The van der Waals surface area contributed by atoms with Gasteiger partial charge in [0.25, 0.3) is 52.3 Å². The molecule has 0 heterocycles. The van der Waals surface area contributed by atoms with E-state index in [2.05, 4.69) is 10.6 Å². The number of carbonyl (C=O) groups excluding carboxylic acids is 3. The predicted molar refractivity (Wildman–Crippen MR) is 218 cm³/mol. The molecule has 0 saturated heterocycles. The van der Waals surface area contributed by atoms with Gasteiger partial charge in [0.05, 0.1) is 23.0 Å². The summed E-state index contributed by atoms with van der Waals surface area (Å²) < 4.78 is 130. The van der Waals surface area contributed by atoms with E-state index in [0.29, 0.717) is 28.2 Å². The molecule has 19 nitrogen and oxygen atoms in total. The highest BCUT2D eigenvalue weighted by molar-refractivity contribution is 7.86. The number of allylic oxidation sites excluding steroid dienone is 4. The SMILES string of the molecule is CC(=O)c1cccc(N(CCCS(=O)(=O)O)/C(C)=C/C=C/C(C)=[N+](\CCCS(=O)(=O)O)c2cc(C(=O)NCCS(=O)(=O)O)cc(C(=O)NCCS(=O)(=O)O)c2C)c1C. The zero-order valence-corrected chi connectivity index (χ0v) is 35.8. The highest BCUT2D eigenvalue weighted by atomic mass is 32.2. The van der Waals surface area contributed by atoms with Crippen molar-refractivity contribution in [3.8, 4) is 0 Å². The average Bonchev–Trinajstić information content (AvgIpc) is 3.06. The number of carbonyl (C=O) groups is 3. The number of hydrogen-bond acceptors (Lipinski definition) is 12. The van der Waals surface area contributed by atoms with Gasteiger partial charge in [0, 0.05) is 78.8 Å². The first-order chi connectivity index (χ1) is 26.6. The molecular weight excluding hydrogens is 845 g/mol. The number of Topliss-reactive ketones (excluding diaryl/α,β-unsaturated/α-hetero) is 1. The summed E-state index contributed by atoms with van der Waals surface area (Å²) in [5.74, 6) is -4.78. The molecule has 0 radical (unpaired) electrons. The molecule has 0 aliphatic heterocycles. The Morgan fingerprint density at radius 3 is 1.78 bits per heavy atom. The molecule has 0 atom stereocenters. The van der Waals surface area contributed by atoms with Gasteiger partial charge in [-0.15, -0.1) is 0 Å². The zero-order chi connectivity index (χ0) is 44.2. The van der Waals surface area contributed by atoms with Crippen molar-refractivity contribution in [1.82, 2.24) is 10.6 Å². The maximum Gasteiger partial charge on any atom is 0.266 e. The lowest BCUT2D eigenvalue weighted by molar-refractivity contribution is -0.440. The molecule has 0 spiro atoms. The molecule has 23 heteroatoms. The molecule has 322 valence electrons. The Labute approximate surface area is 338 Å². The highest BCUT2D eigenvalue weighted by Gasteiger charge is 2.26. The molecule has 0 aromatic heterocycles. The molecule has 0 fully saturated rings. The predicted octanol–water partition coefficient (Wildman–Crippen LogP) is 2.37. The average molecular weight is 894 g/mol. The van der Waals surface area contributed by atoms with E-state index in [1.165, 1.54) is 24.5 Å². The first kappa shape index (κ1) is 49.8. The van der Waals surface area contributed by atoms with Crippen LogP contribution in [0.5, 0.6) is 0 Å². The van der Waals surface area contributed by atoms with Gasteiger partial charge in [-0.3, -0.25) is 32.6 Å². The van der Waals surface area contributed by atoms with Gasteiger partial charge >= 0.3 is 0 Å². The Kier molecular flexibility index (Phi) is 18.1. The molecule has 0 unspecified atom stereocenters. The van der Waals surface area contributed by atoms with Crippen molar-refractivity contribution in [2.75, 3.05) is 54.1 Å². The second-order valence-corrected chi connectivity index (χ2v) is 19.4. The van der Waals surface area contributed by atoms with Crippen LogP contribution in [0.25, 0.3) is 0 Å². The van der Waals surface area contributed by atoms with Crippen molar-refractivity contribution in [3.63, 3.8) is 0 Å². The number of ketones is 1. The molecule has 0 aliphatic rings. The quantitative estimate of drug-likeness (QED) is 0.0325. The van der Waals surface area contributed by atoms with Gasteiger partial charge in [0.15, 0.2) is 11.5 Å². The number of nitrogens with zero attached hydrogens (tertiary/aromatic N) is 2. The molecular formula is C35H49N4O15S4+. The third kappa shape index (κ3) is 17.2. The van der Waals surface area contributed by atoms with Crippen LogP contribution in [-0.2, 0) is 40.5 Å². The third-order valence-electron chi connectivity index (χ3n) is 8.54. The lowest BCUT2D eigenvalue weighted by atomic mass is 10.00. The lowest BCUT2D eigenvalue weighted by Gasteiger charge is -2.28. The van der Waals surface area contributed by atoms with Gasteiger partial charge in [-0.05, 0) is 57.9 Å². The van der Waals surface area contributed by atoms with E-state index < -0.39 is 88.4 Å². The van der Waals surface area contributed by atoms with Crippen molar-refractivity contribution in [1.29, 1.82) is 0 Å². The molecule has 0 saturated carbocycles. The summed E-state index contributed by atoms with van der Waals surface area (Å²) in [4.78, 5) is 40.6. The van der Waals surface area contributed by atoms with Gasteiger partial charge in [0.2, 0.25) is 5.69 Å². The first-order valence-electron chi connectivity index (χ1n) is 17.5. The fourth-order valence-electron chi connectivity index (χ4n) is 5.72. The summed E-state index contributed by atoms with van der Waals surface area (Å²) in [6, 6.07) is 7.56. The van der Waals surface area contributed by atoms with Crippen molar-refractivity contribution >= 4 is 75.2 Å². The number of hydrogen-bond donors (Lipinski definition) is 6. The smallest absolute Gasteiger partial charge is 0.266 e. The highest BCUT2D eigenvalue weighted by Crippen LogP contribution is 2.28. The maximum absolute atomic E-state index is 13.3. The molecule has 2 rings (SSSR count). The van der Waals surface area contributed by atoms with E-state index in [0.717, 1.165) is 6.07 Å². The summed E-state index contributed by atoms with van der Waals surface area (Å²) in [6.45, 7) is 6.95. The molecule has 58 heavy (non-hydrogen) atoms. The van der Waals surface area contributed by atoms with E-state index in [9.17, 15) is 57.2 Å². The van der Waals surface area contributed by atoms with Crippen LogP contribution < -0.4 is 15.5 Å². The van der Waals surface area contributed by atoms with Gasteiger partial charge in [0.1, 0.15) is 6.54 Å². The molecule has 2 aromatic carbocycles. The topological polar surface area (TPSA) is 299 Å². The number of rotatable bonds is 22. The summed E-state index contributed by atoms with van der Waals surface area (Å²) >= 11 is 0.